The second-order valence-electron chi connectivity index (χ2n) is 2.69. The average molecular weight is 273 g/mol. The Balaban J connectivity index is 2.49. The maximum atomic E-state index is 12.6. The van der Waals surface area contributed by atoms with Crippen molar-refractivity contribution in [3.8, 4) is 11.3 Å². The molecule has 0 spiro atoms. The summed E-state index contributed by atoms with van der Waals surface area (Å²) < 4.78 is 13.4. The standard InChI is InChI=1S/C9H6BrFN2S/c10-9-13-7(8(12)14-9)5-1-3-6(11)4-2-5/h1-4H,12H2. The zero-order valence-electron chi connectivity index (χ0n) is 7.00. The summed E-state index contributed by atoms with van der Waals surface area (Å²) in [6.45, 7) is 0. The van der Waals surface area contributed by atoms with Crippen molar-refractivity contribution < 1.29 is 4.39 Å². The predicted octanol–water partition coefficient (Wildman–Crippen LogP) is 3.29. The van der Waals surface area contributed by atoms with Crippen LogP contribution in [0.5, 0.6) is 0 Å². The second kappa shape index (κ2) is 3.67. The highest BCUT2D eigenvalue weighted by Crippen LogP contribution is 2.32. The van der Waals surface area contributed by atoms with E-state index in [0.717, 1.165) is 9.48 Å². The topological polar surface area (TPSA) is 38.9 Å². The van der Waals surface area contributed by atoms with E-state index in [9.17, 15) is 4.39 Å². The van der Waals surface area contributed by atoms with Crippen LogP contribution in [0.1, 0.15) is 0 Å². The molecular weight excluding hydrogens is 267 g/mol. The van der Waals surface area contributed by atoms with E-state index in [1.165, 1.54) is 23.5 Å². The first-order chi connectivity index (χ1) is 6.66. The van der Waals surface area contributed by atoms with Crippen molar-refractivity contribution in [2.45, 2.75) is 0 Å². The second-order valence-corrected chi connectivity index (χ2v) is 4.99. The average Bonchev–Trinajstić information content (AvgIpc) is 2.47. The molecule has 0 fully saturated rings. The summed E-state index contributed by atoms with van der Waals surface area (Å²) in [5.41, 5.74) is 7.26. The number of anilines is 1. The van der Waals surface area contributed by atoms with E-state index in [-0.39, 0.29) is 5.82 Å². The molecule has 2 N–H and O–H groups in total. The minimum Gasteiger partial charge on any atom is -0.389 e. The molecule has 2 aromatic rings. The van der Waals surface area contributed by atoms with Crippen molar-refractivity contribution >= 4 is 32.3 Å². The van der Waals surface area contributed by atoms with Gasteiger partial charge in [0.1, 0.15) is 16.5 Å². The minimum absolute atomic E-state index is 0.262. The molecule has 1 aromatic heterocycles. The van der Waals surface area contributed by atoms with Gasteiger partial charge in [-0.2, -0.15) is 0 Å². The maximum Gasteiger partial charge on any atom is 0.161 e. The summed E-state index contributed by atoms with van der Waals surface area (Å²) in [6.07, 6.45) is 0. The SMILES string of the molecule is Nc1sc(Br)nc1-c1ccc(F)cc1. The van der Waals surface area contributed by atoms with E-state index in [2.05, 4.69) is 20.9 Å². The molecule has 2 rings (SSSR count). The Bertz CT molecular complexity index is 452. The Kier molecular flexibility index (Phi) is 2.52. The van der Waals surface area contributed by atoms with Crippen molar-refractivity contribution in [2.24, 2.45) is 0 Å². The first-order valence-corrected chi connectivity index (χ1v) is 5.45. The Morgan fingerprint density at radius 2 is 1.93 bits per heavy atom. The van der Waals surface area contributed by atoms with Crippen LogP contribution in [0.25, 0.3) is 11.3 Å². The zero-order valence-corrected chi connectivity index (χ0v) is 9.40. The molecule has 0 saturated heterocycles. The molecule has 0 aliphatic carbocycles. The highest BCUT2D eigenvalue weighted by Gasteiger charge is 2.08. The molecule has 0 aliphatic heterocycles. The summed E-state index contributed by atoms with van der Waals surface area (Å²) in [5, 5.41) is 0.628. The van der Waals surface area contributed by atoms with Crippen LogP contribution in [-0.2, 0) is 0 Å². The molecule has 0 amide bonds. The Hall–Kier alpha value is -0.940. The van der Waals surface area contributed by atoms with E-state index >= 15 is 0 Å². The fourth-order valence-corrected chi connectivity index (χ4v) is 2.40. The van der Waals surface area contributed by atoms with Gasteiger partial charge in [-0.25, -0.2) is 9.37 Å². The molecule has 14 heavy (non-hydrogen) atoms. The van der Waals surface area contributed by atoms with Crippen LogP contribution in [-0.4, -0.2) is 4.98 Å². The summed E-state index contributed by atoms with van der Waals surface area (Å²) >= 11 is 4.61. The lowest BCUT2D eigenvalue weighted by Gasteiger charge is -1.97. The summed E-state index contributed by atoms with van der Waals surface area (Å²) in [6, 6.07) is 6.10. The highest BCUT2D eigenvalue weighted by molar-refractivity contribution is 9.11. The zero-order chi connectivity index (χ0) is 10.1. The highest BCUT2D eigenvalue weighted by atomic mass is 79.9. The molecule has 0 aliphatic rings. The molecule has 0 atom stereocenters. The van der Waals surface area contributed by atoms with Crippen molar-refractivity contribution in [2.75, 3.05) is 5.73 Å². The van der Waals surface area contributed by atoms with E-state index in [1.54, 1.807) is 12.1 Å². The number of nitrogens with two attached hydrogens (primary N) is 1. The van der Waals surface area contributed by atoms with Gasteiger partial charge >= 0.3 is 0 Å². The van der Waals surface area contributed by atoms with Gasteiger partial charge < -0.3 is 5.73 Å². The largest absolute Gasteiger partial charge is 0.389 e. The van der Waals surface area contributed by atoms with Gasteiger partial charge in [-0.15, -0.1) is 0 Å². The first-order valence-electron chi connectivity index (χ1n) is 3.84. The van der Waals surface area contributed by atoms with Gasteiger partial charge in [-0.05, 0) is 40.2 Å². The fraction of sp³-hybridized carbons (Fsp3) is 0. The van der Waals surface area contributed by atoms with Crippen LogP contribution in [0.2, 0.25) is 0 Å². The fourth-order valence-electron chi connectivity index (χ4n) is 1.12. The smallest absolute Gasteiger partial charge is 0.161 e. The van der Waals surface area contributed by atoms with Gasteiger partial charge in [0.15, 0.2) is 3.92 Å². The Morgan fingerprint density at radius 3 is 2.43 bits per heavy atom. The van der Waals surface area contributed by atoms with Crippen LogP contribution in [0.15, 0.2) is 28.2 Å². The molecule has 0 bridgehead atoms. The van der Waals surface area contributed by atoms with Gasteiger partial charge in [0, 0.05) is 5.56 Å². The first kappa shape index (κ1) is 9.61. The number of hydrogen-bond donors (Lipinski definition) is 1. The van der Waals surface area contributed by atoms with Crippen LogP contribution < -0.4 is 5.73 Å². The van der Waals surface area contributed by atoms with Gasteiger partial charge in [0.2, 0.25) is 0 Å². The number of nitrogens with zero attached hydrogens (tertiary/aromatic N) is 1. The molecule has 1 heterocycles. The third-order valence-corrected chi connectivity index (χ3v) is 3.08. The third kappa shape index (κ3) is 1.78. The van der Waals surface area contributed by atoms with Crippen LogP contribution in [0, 0.1) is 5.82 Å². The normalized spacial score (nSPS) is 10.4. The lowest BCUT2D eigenvalue weighted by Crippen LogP contribution is -1.85. The number of rotatable bonds is 1. The lowest BCUT2D eigenvalue weighted by molar-refractivity contribution is 0.628. The van der Waals surface area contributed by atoms with Gasteiger partial charge in [-0.1, -0.05) is 11.3 Å². The van der Waals surface area contributed by atoms with Gasteiger partial charge in [0.05, 0.1) is 0 Å². The number of aromatic nitrogens is 1. The van der Waals surface area contributed by atoms with E-state index in [1.807, 2.05) is 0 Å². The molecule has 0 saturated carbocycles. The molecule has 0 unspecified atom stereocenters. The predicted molar refractivity (Wildman–Crippen MR) is 59.6 cm³/mol. The number of halogens is 2. The molecule has 5 heteroatoms. The van der Waals surface area contributed by atoms with Crippen molar-refractivity contribution in [1.29, 1.82) is 0 Å². The number of thiazole rings is 1. The molecular formula is C9H6BrFN2S. The molecule has 72 valence electrons. The van der Waals surface area contributed by atoms with Crippen molar-refractivity contribution in [3.63, 3.8) is 0 Å². The summed E-state index contributed by atoms with van der Waals surface area (Å²) in [7, 11) is 0. The van der Waals surface area contributed by atoms with Crippen molar-refractivity contribution in [1.82, 2.24) is 4.98 Å². The van der Waals surface area contributed by atoms with E-state index in [4.69, 9.17) is 5.73 Å². The van der Waals surface area contributed by atoms with Crippen LogP contribution in [0.4, 0.5) is 9.39 Å². The Morgan fingerprint density at radius 1 is 1.29 bits per heavy atom. The van der Waals surface area contributed by atoms with E-state index in [0.29, 0.717) is 10.7 Å². The summed E-state index contributed by atoms with van der Waals surface area (Å²) in [5.74, 6) is -0.262. The van der Waals surface area contributed by atoms with E-state index < -0.39 is 0 Å². The minimum atomic E-state index is -0.262. The third-order valence-electron chi connectivity index (χ3n) is 1.74. The molecule has 1 aromatic carbocycles. The Labute approximate surface area is 92.7 Å². The van der Waals surface area contributed by atoms with Crippen LogP contribution in [0.3, 0.4) is 0 Å². The monoisotopic (exact) mass is 272 g/mol. The number of benzene rings is 1. The van der Waals surface area contributed by atoms with Gasteiger partial charge in [0.25, 0.3) is 0 Å². The molecule has 0 radical (unpaired) electrons. The van der Waals surface area contributed by atoms with Crippen molar-refractivity contribution in [3.05, 3.63) is 34.0 Å². The number of hydrogen-bond acceptors (Lipinski definition) is 3. The molecule has 2 nitrogen and oxygen atoms in total. The lowest BCUT2D eigenvalue weighted by atomic mass is 10.2. The maximum absolute atomic E-state index is 12.6. The quantitative estimate of drug-likeness (QED) is 0.865. The van der Waals surface area contributed by atoms with Crippen LogP contribution >= 0.6 is 27.3 Å². The number of nitrogen functional groups attached to an aromatic ring is 1. The summed E-state index contributed by atoms with van der Waals surface area (Å²) in [4.78, 5) is 4.20. The van der Waals surface area contributed by atoms with Gasteiger partial charge in [-0.3, -0.25) is 0 Å².